The summed E-state index contributed by atoms with van der Waals surface area (Å²) in [7, 11) is 4.33. The number of carbonyl (C=O) groups is 1. The van der Waals surface area contributed by atoms with Crippen LogP contribution in [-0.2, 0) is 26.1 Å². The van der Waals surface area contributed by atoms with Gasteiger partial charge in [0.1, 0.15) is 29.9 Å². The number of H-pyrrole nitrogens is 1. The van der Waals surface area contributed by atoms with Crippen LogP contribution in [0, 0.1) is 0 Å². The molecule has 1 aromatic heterocycles. The highest BCUT2D eigenvalue weighted by atomic mass is 16.5. The van der Waals surface area contributed by atoms with Crippen molar-refractivity contribution in [1.29, 1.82) is 0 Å². The molecule has 1 aliphatic heterocycles. The van der Waals surface area contributed by atoms with Crippen LogP contribution in [0.4, 0.5) is 0 Å². The van der Waals surface area contributed by atoms with Gasteiger partial charge < -0.3 is 29.2 Å². The summed E-state index contributed by atoms with van der Waals surface area (Å²) in [5.41, 5.74) is -0.741. The molecule has 3 aromatic carbocycles. The fourth-order valence-corrected chi connectivity index (χ4v) is 6.22. The highest BCUT2D eigenvalue weighted by Crippen LogP contribution is 2.51. The van der Waals surface area contributed by atoms with Gasteiger partial charge in [-0.15, -0.1) is 0 Å². The molecule has 4 aromatic rings. The molecule has 0 spiro atoms. The van der Waals surface area contributed by atoms with Gasteiger partial charge in [0.25, 0.3) is 5.56 Å². The number of carbonyl (C=O) groups excluding carboxylic acids is 1. The van der Waals surface area contributed by atoms with Gasteiger partial charge in [0.15, 0.2) is 0 Å². The molecule has 4 atom stereocenters. The van der Waals surface area contributed by atoms with Gasteiger partial charge in [-0.1, -0.05) is 66.7 Å². The van der Waals surface area contributed by atoms with Gasteiger partial charge >= 0.3 is 11.7 Å². The maximum Gasteiger partial charge on any atom is 0.330 e. The Morgan fingerprint density at radius 2 is 1.53 bits per heavy atom. The van der Waals surface area contributed by atoms with Crippen LogP contribution in [-0.4, -0.2) is 65.4 Å². The molecule has 0 amide bonds. The molecule has 5 rings (SSSR count). The number of aliphatic hydroxyl groups excluding tert-OH is 2. The van der Waals surface area contributed by atoms with Crippen LogP contribution in [0.25, 0.3) is 0 Å². The number of aryl methyl sites for hydroxylation is 1. The van der Waals surface area contributed by atoms with Crippen LogP contribution in [0.2, 0.25) is 0 Å². The predicted molar refractivity (Wildman–Crippen MR) is 165 cm³/mol. The van der Waals surface area contributed by atoms with Crippen LogP contribution in [0.15, 0.2) is 94.6 Å². The minimum absolute atomic E-state index is 0.0301. The van der Waals surface area contributed by atoms with Gasteiger partial charge in [-0.3, -0.25) is 19.1 Å². The Bertz CT molecular complexity index is 1700. The molecule has 1 unspecified atom stereocenters. The summed E-state index contributed by atoms with van der Waals surface area (Å²) in [6.07, 6.45) is -3.72. The van der Waals surface area contributed by atoms with Crippen molar-refractivity contribution in [2.24, 2.45) is 0 Å². The lowest BCUT2D eigenvalue weighted by Gasteiger charge is -2.43. The van der Waals surface area contributed by atoms with Crippen molar-refractivity contribution in [3.05, 3.63) is 128 Å². The van der Waals surface area contributed by atoms with Crippen LogP contribution in [0.1, 0.15) is 41.3 Å². The number of nitrogens with one attached hydrogen (secondary N) is 1. The number of methoxy groups -OCH3 is 3. The third-order valence-corrected chi connectivity index (χ3v) is 8.36. The maximum absolute atomic E-state index is 12.9. The first-order chi connectivity index (χ1) is 21.8. The van der Waals surface area contributed by atoms with Gasteiger partial charge in [0.05, 0.1) is 32.8 Å². The van der Waals surface area contributed by atoms with Gasteiger partial charge in [0, 0.05) is 35.7 Å². The lowest BCUT2D eigenvalue weighted by molar-refractivity contribution is -0.140. The zero-order chi connectivity index (χ0) is 32.1. The Hall–Kier alpha value is -4.71. The number of aliphatic hydroxyl groups is 2. The first kappa shape index (κ1) is 31.7. The molecule has 1 fully saturated rings. The third kappa shape index (κ3) is 5.89. The monoisotopic (exact) mass is 616 g/mol. The highest BCUT2D eigenvalue weighted by Gasteiger charge is 2.54. The minimum Gasteiger partial charge on any atom is -0.496 e. The number of rotatable bonds is 11. The largest absolute Gasteiger partial charge is 0.496 e. The second-order valence-electron chi connectivity index (χ2n) is 10.8. The third-order valence-electron chi connectivity index (χ3n) is 8.36. The number of hydrogen-bond donors (Lipinski definition) is 3. The zero-order valence-electron chi connectivity index (χ0n) is 25.2. The fourth-order valence-electron chi connectivity index (χ4n) is 6.22. The molecule has 236 valence electrons. The fraction of sp³-hybridized carbons (Fsp3) is 0.324. The average molecular weight is 617 g/mol. The summed E-state index contributed by atoms with van der Waals surface area (Å²) < 4.78 is 23.8. The predicted octanol–water partition coefficient (Wildman–Crippen LogP) is 2.70. The van der Waals surface area contributed by atoms with Crippen molar-refractivity contribution in [3.8, 4) is 11.5 Å². The van der Waals surface area contributed by atoms with Crippen molar-refractivity contribution < 1.29 is 34.0 Å². The van der Waals surface area contributed by atoms with Crippen LogP contribution in [0.3, 0.4) is 0 Å². The Labute approximate surface area is 259 Å². The normalized spacial score (nSPS) is 18.7. The second kappa shape index (κ2) is 13.5. The van der Waals surface area contributed by atoms with E-state index in [1.54, 1.807) is 26.4 Å². The Morgan fingerprint density at radius 1 is 0.956 bits per heavy atom. The van der Waals surface area contributed by atoms with E-state index in [0.717, 1.165) is 0 Å². The summed E-state index contributed by atoms with van der Waals surface area (Å²) in [6, 6.07) is 23.9. The number of benzene rings is 3. The number of para-hydroxylation sites is 2. The molecule has 1 aliphatic rings. The number of esters is 1. The summed E-state index contributed by atoms with van der Waals surface area (Å²) in [5, 5.41) is 24.1. The molecule has 11 heteroatoms. The van der Waals surface area contributed by atoms with E-state index < -0.39 is 47.2 Å². The van der Waals surface area contributed by atoms with E-state index in [-0.39, 0.29) is 24.8 Å². The summed E-state index contributed by atoms with van der Waals surface area (Å²) in [6.45, 7) is 0. The average Bonchev–Trinajstić information content (AvgIpc) is 3.46. The van der Waals surface area contributed by atoms with E-state index in [0.29, 0.717) is 28.2 Å². The molecule has 1 saturated heterocycles. The van der Waals surface area contributed by atoms with Gasteiger partial charge in [-0.25, -0.2) is 4.79 Å². The number of nitrogens with zero attached hydrogens (tertiary/aromatic N) is 1. The lowest BCUT2D eigenvalue weighted by Crippen LogP contribution is -2.51. The van der Waals surface area contributed by atoms with E-state index >= 15 is 0 Å². The van der Waals surface area contributed by atoms with Crippen LogP contribution in [0.5, 0.6) is 11.5 Å². The number of aromatic amines is 1. The number of aromatic nitrogens is 2. The Balaban J connectivity index is 1.66. The van der Waals surface area contributed by atoms with Crippen molar-refractivity contribution in [2.45, 2.75) is 49.2 Å². The lowest BCUT2D eigenvalue weighted by atomic mass is 9.63. The van der Waals surface area contributed by atoms with E-state index in [4.69, 9.17) is 14.2 Å². The van der Waals surface area contributed by atoms with Crippen molar-refractivity contribution >= 4 is 5.97 Å². The van der Waals surface area contributed by atoms with Gasteiger partial charge in [-0.05, 0) is 24.1 Å². The second-order valence-corrected chi connectivity index (χ2v) is 10.8. The number of ether oxygens (including phenoxy) is 4. The van der Waals surface area contributed by atoms with Gasteiger partial charge in [-0.2, -0.15) is 0 Å². The molecule has 0 aliphatic carbocycles. The minimum atomic E-state index is -1.45. The molecule has 0 radical (unpaired) electrons. The molecule has 11 nitrogen and oxygen atoms in total. The standard InChI is InChI=1S/C34H36N2O9/c1-42-26-15-9-7-13-23(26)34(22-11-5-4-6-12-22,24-14-8-10-16-27(24)43-2)31(39)30-25(37)19-28(45-30)36-20-21(17-18-29(38)44-3)32(40)35-33(36)41/h4-16,20,25,28,30-31,37,39H,17-19H2,1-3H3,(H,35,40,41)/t25-,28+,30-,31?/m0/s1. The van der Waals surface area contributed by atoms with E-state index in [1.807, 2.05) is 66.7 Å². The maximum atomic E-state index is 12.9. The summed E-state index contributed by atoms with van der Waals surface area (Å²) in [5.74, 6) is 0.470. The highest BCUT2D eigenvalue weighted by molar-refractivity contribution is 5.69. The quantitative estimate of drug-likeness (QED) is 0.171. The van der Waals surface area contributed by atoms with Crippen LogP contribution < -0.4 is 20.7 Å². The van der Waals surface area contributed by atoms with Crippen molar-refractivity contribution in [3.63, 3.8) is 0 Å². The molecular weight excluding hydrogens is 580 g/mol. The topological polar surface area (TPSA) is 149 Å². The number of hydrogen-bond acceptors (Lipinski definition) is 9. The molecule has 45 heavy (non-hydrogen) atoms. The SMILES string of the molecule is COC(=O)CCc1cn([C@H]2C[C@H](O)[C@@H](C(O)C(c3ccccc3)(c3ccccc3OC)c3ccccc3OC)O2)c(=O)[nH]c1=O. The van der Waals surface area contributed by atoms with E-state index in [2.05, 4.69) is 9.72 Å². The Morgan fingerprint density at radius 3 is 2.11 bits per heavy atom. The van der Waals surface area contributed by atoms with E-state index in [9.17, 15) is 24.6 Å². The summed E-state index contributed by atoms with van der Waals surface area (Å²) >= 11 is 0. The zero-order valence-corrected chi connectivity index (χ0v) is 25.2. The van der Waals surface area contributed by atoms with Crippen molar-refractivity contribution in [1.82, 2.24) is 9.55 Å². The first-order valence-electron chi connectivity index (χ1n) is 14.5. The molecule has 2 heterocycles. The smallest absolute Gasteiger partial charge is 0.330 e. The molecule has 3 N–H and O–H groups in total. The molecule has 0 saturated carbocycles. The first-order valence-corrected chi connectivity index (χ1v) is 14.5. The Kier molecular flexibility index (Phi) is 9.52. The summed E-state index contributed by atoms with van der Waals surface area (Å²) in [4.78, 5) is 39.4. The molecular formula is C34H36N2O9. The van der Waals surface area contributed by atoms with Crippen LogP contribution >= 0.6 is 0 Å². The van der Waals surface area contributed by atoms with Crippen molar-refractivity contribution in [2.75, 3.05) is 21.3 Å². The molecule has 0 bridgehead atoms. The van der Waals surface area contributed by atoms with E-state index in [1.165, 1.54) is 17.9 Å². The van der Waals surface area contributed by atoms with Gasteiger partial charge in [0.2, 0.25) is 0 Å².